The van der Waals surface area contributed by atoms with Gasteiger partial charge >= 0.3 is 0 Å². The van der Waals surface area contributed by atoms with Crippen molar-refractivity contribution in [1.29, 1.82) is 0 Å². The van der Waals surface area contributed by atoms with Gasteiger partial charge in [-0.25, -0.2) is 13.4 Å². The van der Waals surface area contributed by atoms with Crippen molar-refractivity contribution in [2.45, 2.75) is 11.8 Å². The van der Waals surface area contributed by atoms with Crippen LogP contribution in [0.15, 0.2) is 101 Å². The van der Waals surface area contributed by atoms with E-state index in [9.17, 15) is 8.42 Å². The van der Waals surface area contributed by atoms with Crippen molar-refractivity contribution in [3.05, 3.63) is 97.3 Å². The van der Waals surface area contributed by atoms with Crippen LogP contribution in [-0.2, 0) is 10.0 Å². The largest absolute Gasteiger partial charge is 0.449 e. The van der Waals surface area contributed by atoms with Gasteiger partial charge in [-0.05, 0) is 54.6 Å². The summed E-state index contributed by atoms with van der Waals surface area (Å²) in [7, 11) is -3.76. The first-order valence-electron chi connectivity index (χ1n) is 10.3. The zero-order chi connectivity index (χ0) is 23.5. The molecular weight excluding hydrogens is 454 g/mol. The number of anilines is 1. The molecule has 3 heterocycles. The van der Waals surface area contributed by atoms with E-state index >= 15 is 0 Å². The standard InChI is InChI=1S/C24H19N5O4S/c1-17-25-22(16-32-17)18-4-10-21(11-5-18)34(30,31)28-19-6-8-20(9-7-19)33-24-13-12-23(26-27-24)29-14-2-3-15-29/h2-16,28H,1H3. The Morgan fingerprint density at radius 1 is 0.912 bits per heavy atom. The lowest BCUT2D eigenvalue weighted by molar-refractivity contribution is 0.454. The lowest BCUT2D eigenvalue weighted by atomic mass is 10.2. The third kappa shape index (κ3) is 4.66. The van der Waals surface area contributed by atoms with Crippen molar-refractivity contribution in [1.82, 2.24) is 19.7 Å². The van der Waals surface area contributed by atoms with Crippen LogP contribution in [0.4, 0.5) is 5.69 Å². The maximum atomic E-state index is 12.8. The number of ether oxygens (including phenoxy) is 1. The van der Waals surface area contributed by atoms with Gasteiger partial charge in [0.2, 0.25) is 5.88 Å². The predicted octanol–water partition coefficient (Wildman–Crippen LogP) is 4.82. The number of hydrogen-bond acceptors (Lipinski definition) is 7. The lowest BCUT2D eigenvalue weighted by Crippen LogP contribution is -2.12. The molecule has 2 aromatic carbocycles. The smallest absolute Gasteiger partial charge is 0.261 e. The van der Waals surface area contributed by atoms with E-state index in [0.29, 0.717) is 34.7 Å². The molecule has 0 spiro atoms. The number of hydrogen-bond donors (Lipinski definition) is 1. The minimum Gasteiger partial charge on any atom is -0.449 e. The van der Waals surface area contributed by atoms with E-state index in [1.807, 2.05) is 29.1 Å². The number of rotatable bonds is 7. The molecule has 5 aromatic rings. The first-order valence-corrected chi connectivity index (χ1v) is 11.7. The molecule has 3 aromatic heterocycles. The molecule has 0 fully saturated rings. The summed E-state index contributed by atoms with van der Waals surface area (Å²) in [6, 6.07) is 20.2. The Bertz CT molecular complexity index is 1490. The molecule has 10 heteroatoms. The Hall–Kier alpha value is -4.44. The quantitative estimate of drug-likeness (QED) is 0.360. The number of sulfonamides is 1. The van der Waals surface area contributed by atoms with E-state index < -0.39 is 10.0 Å². The van der Waals surface area contributed by atoms with Crippen molar-refractivity contribution >= 4 is 15.7 Å². The number of aryl methyl sites for hydroxylation is 1. The minimum atomic E-state index is -3.76. The van der Waals surface area contributed by atoms with Gasteiger partial charge in [-0.3, -0.25) is 4.72 Å². The summed E-state index contributed by atoms with van der Waals surface area (Å²) in [4.78, 5) is 4.38. The van der Waals surface area contributed by atoms with E-state index in [1.165, 1.54) is 18.4 Å². The maximum absolute atomic E-state index is 12.8. The van der Waals surface area contributed by atoms with Gasteiger partial charge in [-0.15, -0.1) is 10.2 Å². The van der Waals surface area contributed by atoms with E-state index in [4.69, 9.17) is 9.15 Å². The van der Waals surface area contributed by atoms with Crippen LogP contribution in [0.2, 0.25) is 0 Å². The second kappa shape index (κ2) is 8.83. The Balaban J connectivity index is 1.24. The number of nitrogens with one attached hydrogen (secondary N) is 1. The van der Waals surface area contributed by atoms with Crippen LogP contribution in [0.25, 0.3) is 17.1 Å². The van der Waals surface area contributed by atoms with Crippen molar-refractivity contribution in [2.24, 2.45) is 0 Å². The SMILES string of the molecule is Cc1nc(-c2ccc(S(=O)(=O)Nc3ccc(Oc4ccc(-n5cccc5)nn4)cc3)cc2)co1. The third-order valence-electron chi connectivity index (χ3n) is 4.90. The molecule has 170 valence electrons. The van der Waals surface area contributed by atoms with Gasteiger partial charge in [-0.1, -0.05) is 12.1 Å². The highest BCUT2D eigenvalue weighted by atomic mass is 32.2. The third-order valence-corrected chi connectivity index (χ3v) is 6.30. The summed E-state index contributed by atoms with van der Waals surface area (Å²) >= 11 is 0. The highest BCUT2D eigenvalue weighted by Gasteiger charge is 2.15. The molecule has 0 unspecified atom stereocenters. The second-order valence-corrected chi connectivity index (χ2v) is 9.01. The molecule has 0 radical (unpaired) electrons. The molecule has 34 heavy (non-hydrogen) atoms. The normalized spacial score (nSPS) is 11.3. The van der Waals surface area contributed by atoms with Crippen LogP contribution in [0.5, 0.6) is 11.6 Å². The van der Waals surface area contributed by atoms with Gasteiger partial charge in [0.1, 0.15) is 17.7 Å². The first-order chi connectivity index (χ1) is 16.5. The fourth-order valence-electron chi connectivity index (χ4n) is 3.22. The average Bonchev–Trinajstić information content (AvgIpc) is 3.53. The molecule has 9 nitrogen and oxygen atoms in total. The van der Waals surface area contributed by atoms with Crippen LogP contribution in [0.3, 0.4) is 0 Å². The van der Waals surface area contributed by atoms with Gasteiger partial charge in [0.25, 0.3) is 10.0 Å². The van der Waals surface area contributed by atoms with Gasteiger partial charge in [-0.2, -0.15) is 0 Å². The van der Waals surface area contributed by atoms with Gasteiger partial charge < -0.3 is 13.7 Å². The molecule has 0 bridgehead atoms. The zero-order valence-electron chi connectivity index (χ0n) is 18.0. The molecule has 0 aliphatic carbocycles. The van der Waals surface area contributed by atoms with E-state index in [-0.39, 0.29) is 4.90 Å². The lowest BCUT2D eigenvalue weighted by Gasteiger charge is -2.10. The summed E-state index contributed by atoms with van der Waals surface area (Å²) in [6.45, 7) is 1.75. The molecule has 1 N–H and O–H groups in total. The number of aromatic nitrogens is 4. The molecule has 0 saturated heterocycles. The molecule has 0 amide bonds. The van der Waals surface area contributed by atoms with Crippen LogP contribution in [0, 0.1) is 6.92 Å². The zero-order valence-corrected chi connectivity index (χ0v) is 18.8. The van der Waals surface area contributed by atoms with Crippen LogP contribution >= 0.6 is 0 Å². The Morgan fingerprint density at radius 2 is 1.65 bits per heavy atom. The van der Waals surface area contributed by atoms with E-state index in [0.717, 1.165) is 5.56 Å². The van der Waals surface area contributed by atoms with Crippen molar-refractivity contribution < 1.29 is 17.6 Å². The van der Waals surface area contributed by atoms with Gasteiger partial charge in [0, 0.05) is 36.6 Å². The second-order valence-electron chi connectivity index (χ2n) is 7.33. The Labute approximate surface area is 195 Å². The summed E-state index contributed by atoms with van der Waals surface area (Å²) in [5, 5.41) is 8.20. The highest BCUT2D eigenvalue weighted by Crippen LogP contribution is 2.25. The maximum Gasteiger partial charge on any atom is 0.261 e. The topological polar surface area (TPSA) is 112 Å². The van der Waals surface area contributed by atoms with Crippen LogP contribution < -0.4 is 9.46 Å². The van der Waals surface area contributed by atoms with Crippen molar-refractivity contribution in [3.63, 3.8) is 0 Å². The predicted molar refractivity (Wildman–Crippen MR) is 125 cm³/mol. The summed E-state index contributed by atoms with van der Waals surface area (Å²) in [6.07, 6.45) is 5.27. The molecule has 0 atom stereocenters. The summed E-state index contributed by atoms with van der Waals surface area (Å²) in [5.41, 5.74) is 1.81. The number of oxazole rings is 1. The Kier molecular flexibility index (Phi) is 5.56. The fourth-order valence-corrected chi connectivity index (χ4v) is 4.28. The van der Waals surface area contributed by atoms with E-state index in [2.05, 4.69) is 19.9 Å². The van der Waals surface area contributed by atoms with Crippen LogP contribution in [-0.4, -0.2) is 28.2 Å². The van der Waals surface area contributed by atoms with Gasteiger partial charge in [0.05, 0.1) is 4.90 Å². The summed E-state index contributed by atoms with van der Waals surface area (Å²) in [5.74, 6) is 2.04. The highest BCUT2D eigenvalue weighted by molar-refractivity contribution is 7.92. The fraction of sp³-hybridized carbons (Fsp3) is 0.0417. The molecular formula is C24H19N5O4S. The van der Waals surface area contributed by atoms with Crippen molar-refractivity contribution in [2.75, 3.05) is 4.72 Å². The van der Waals surface area contributed by atoms with Gasteiger partial charge in [0.15, 0.2) is 11.7 Å². The molecule has 0 saturated carbocycles. The molecule has 0 aliphatic heterocycles. The Morgan fingerprint density at radius 3 is 2.26 bits per heavy atom. The molecule has 5 rings (SSSR count). The minimum absolute atomic E-state index is 0.134. The van der Waals surface area contributed by atoms with E-state index in [1.54, 1.807) is 55.5 Å². The summed E-state index contributed by atoms with van der Waals surface area (Å²) < 4.78 is 40.8. The monoisotopic (exact) mass is 473 g/mol. The van der Waals surface area contributed by atoms with Crippen molar-refractivity contribution in [3.8, 4) is 28.7 Å². The van der Waals surface area contributed by atoms with Crippen LogP contribution in [0.1, 0.15) is 5.89 Å². The molecule has 0 aliphatic rings. The average molecular weight is 474 g/mol. The number of nitrogens with zero attached hydrogens (tertiary/aromatic N) is 4. The number of benzene rings is 2. The first kappa shape index (κ1) is 21.4.